The van der Waals surface area contributed by atoms with Crippen molar-refractivity contribution in [1.29, 1.82) is 0 Å². The molecule has 4 nitrogen and oxygen atoms in total. The molecule has 74 valence electrons. The number of hydrogen-bond donors (Lipinski definition) is 0. The summed E-state index contributed by atoms with van der Waals surface area (Å²) in [6.45, 7) is 1.69. The minimum Gasteiger partial charge on any atom is -0.337 e. The average Bonchev–Trinajstić information content (AvgIpc) is 2.71. The van der Waals surface area contributed by atoms with Crippen LogP contribution in [0.4, 0.5) is 0 Å². The third-order valence-electron chi connectivity index (χ3n) is 2.23. The first-order chi connectivity index (χ1) is 6.77. The number of likely N-dealkylation sites (tertiary alicyclic amines) is 1. The van der Waals surface area contributed by atoms with Crippen molar-refractivity contribution in [1.82, 2.24) is 14.9 Å². The summed E-state index contributed by atoms with van der Waals surface area (Å²) in [7, 11) is 0. The van der Waals surface area contributed by atoms with Gasteiger partial charge in [0.05, 0.1) is 12.4 Å². The fourth-order valence-electron chi connectivity index (χ4n) is 1.50. The molecule has 5 heteroatoms. The minimum absolute atomic E-state index is 0.0116. The molecular weight excluding hydrogens is 246 g/mol. The molecule has 0 aliphatic carbocycles. The number of amides is 1. The van der Waals surface area contributed by atoms with Gasteiger partial charge in [-0.25, -0.2) is 9.97 Å². The van der Waals surface area contributed by atoms with Gasteiger partial charge in [-0.2, -0.15) is 0 Å². The minimum atomic E-state index is -0.0116. The molecule has 0 saturated carbocycles. The van der Waals surface area contributed by atoms with Crippen LogP contribution in [0.3, 0.4) is 0 Å². The number of hydrogen-bond acceptors (Lipinski definition) is 3. The zero-order chi connectivity index (χ0) is 9.97. The van der Waals surface area contributed by atoms with E-state index in [4.69, 9.17) is 0 Å². The quantitative estimate of drug-likeness (QED) is 0.764. The van der Waals surface area contributed by atoms with Crippen molar-refractivity contribution in [2.75, 3.05) is 13.1 Å². The van der Waals surface area contributed by atoms with Crippen molar-refractivity contribution in [3.8, 4) is 0 Å². The highest BCUT2D eigenvalue weighted by Gasteiger charge is 2.20. The maximum absolute atomic E-state index is 11.8. The summed E-state index contributed by atoms with van der Waals surface area (Å²) in [5.74, 6) is -0.0116. The highest BCUT2D eigenvalue weighted by atomic mass is 79.9. The van der Waals surface area contributed by atoms with Crippen LogP contribution in [0.15, 0.2) is 17.0 Å². The molecule has 0 aromatic carbocycles. The number of halogens is 1. The predicted molar refractivity (Wildman–Crippen MR) is 54.9 cm³/mol. The SMILES string of the molecule is O=C(c1cnc(Br)cn1)N1CCCC1. The molecule has 1 aliphatic rings. The summed E-state index contributed by atoms with van der Waals surface area (Å²) >= 11 is 3.18. The molecular formula is C9H10BrN3O. The molecule has 0 bridgehead atoms. The van der Waals surface area contributed by atoms with Crippen LogP contribution in [0.5, 0.6) is 0 Å². The molecule has 0 radical (unpaired) electrons. The molecule has 2 rings (SSSR count). The number of rotatable bonds is 1. The fourth-order valence-corrected chi connectivity index (χ4v) is 1.71. The van der Waals surface area contributed by atoms with E-state index in [0.29, 0.717) is 10.3 Å². The van der Waals surface area contributed by atoms with Gasteiger partial charge in [0.2, 0.25) is 0 Å². The summed E-state index contributed by atoms with van der Waals surface area (Å²) in [4.78, 5) is 21.6. The Bertz CT molecular complexity index is 332. The monoisotopic (exact) mass is 255 g/mol. The Morgan fingerprint density at radius 3 is 2.57 bits per heavy atom. The normalized spacial score (nSPS) is 15.9. The van der Waals surface area contributed by atoms with Crippen LogP contribution in [-0.4, -0.2) is 33.9 Å². The van der Waals surface area contributed by atoms with Crippen molar-refractivity contribution in [3.63, 3.8) is 0 Å². The molecule has 0 atom stereocenters. The van der Waals surface area contributed by atoms with Gasteiger partial charge in [0, 0.05) is 13.1 Å². The van der Waals surface area contributed by atoms with Crippen molar-refractivity contribution in [2.45, 2.75) is 12.8 Å². The maximum atomic E-state index is 11.8. The average molecular weight is 256 g/mol. The lowest BCUT2D eigenvalue weighted by Crippen LogP contribution is -2.28. The van der Waals surface area contributed by atoms with Gasteiger partial charge in [-0.3, -0.25) is 4.79 Å². The molecule has 1 aromatic rings. The molecule has 1 amide bonds. The van der Waals surface area contributed by atoms with E-state index >= 15 is 0 Å². The first-order valence-electron chi connectivity index (χ1n) is 4.54. The van der Waals surface area contributed by atoms with Crippen molar-refractivity contribution >= 4 is 21.8 Å². The Balaban J connectivity index is 2.14. The second kappa shape index (κ2) is 4.04. The van der Waals surface area contributed by atoms with Crippen LogP contribution in [0.2, 0.25) is 0 Å². The molecule has 1 fully saturated rings. The summed E-state index contributed by atoms with van der Waals surface area (Å²) in [6, 6.07) is 0. The van der Waals surface area contributed by atoms with E-state index in [1.165, 1.54) is 6.20 Å². The number of carbonyl (C=O) groups is 1. The second-order valence-electron chi connectivity index (χ2n) is 3.22. The molecule has 0 unspecified atom stereocenters. The van der Waals surface area contributed by atoms with Gasteiger partial charge >= 0.3 is 0 Å². The largest absolute Gasteiger partial charge is 0.337 e. The number of aromatic nitrogens is 2. The summed E-state index contributed by atoms with van der Waals surface area (Å²) in [5.41, 5.74) is 0.426. The van der Waals surface area contributed by atoms with E-state index < -0.39 is 0 Å². The molecule has 1 aromatic heterocycles. The van der Waals surface area contributed by atoms with E-state index in [1.54, 1.807) is 6.20 Å². The van der Waals surface area contributed by atoms with Gasteiger partial charge in [-0.15, -0.1) is 0 Å². The van der Waals surface area contributed by atoms with Gasteiger partial charge in [0.25, 0.3) is 5.91 Å². The number of nitrogens with zero attached hydrogens (tertiary/aromatic N) is 3. The zero-order valence-electron chi connectivity index (χ0n) is 7.61. The lowest BCUT2D eigenvalue weighted by Gasteiger charge is -2.13. The predicted octanol–water partition coefficient (Wildman–Crippen LogP) is 1.48. The highest BCUT2D eigenvalue weighted by molar-refractivity contribution is 9.10. The van der Waals surface area contributed by atoms with Crippen LogP contribution < -0.4 is 0 Å². The summed E-state index contributed by atoms with van der Waals surface area (Å²) in [6.07, 6.45) is 5.24. The molecule has 0 N–H and O–H groups in total. The molecule has 0 spiro atoms. The Morgan fingerprint density at radius 1 is 1.29 bits per heavy atom. The maximum Gasteiger partial charge on any atom is 0.274 e. The van der Waals surface area contributed by atoms with Gasteiger partial charge in [0.1, 0.15) is 10.3 Å². The van der Waals surface area contributed by atoms with Gasteiger partial charge < -0.3 is 4.90 Å². The van der Waals surface area contributed by atoms with Crippen LogP contribution >= 0.6 is 15.9 Å². The highest BCUT2D eigenvalue weighted by Crippen LogP contribution is 2.11. The Hall–Kier alpha value is -0.970. The summed E-state index contributed by atoms with van der Waals surface area (Å²) in [5, 5.41) is 0. The van der Waals surface area contributed by atoms with E-state index in [1.807, 2.05) is 4.90 Å². The van der Waals surface area contributed by atoms with Gasteiger partial charge in [0.15, 0.2) is 0 Å². The molecule has 2 heterocycles. The lowest BCUT2D eigenvalue weighted by atomic mass is 10.4. The Labute approximate surface area is 90.5 Å². The van der Waals surface area contributed by atoms with Crippen LogP contribution in [0.25, 0.3) is 0 Å². The third kappa shape index (κ3) is 1.92. The standard InChI is InChI=1S/C9H10BrN3O/c10-8-6-11-7(5-12-8)9(14)13-3-1-2-4-13/h5-6H,1-4H2. The second-order valence-corrected chi connectivity index (χ2v) is 4.04. The Kier molecular flexibility index (Phi) is 2.77. The topological polar surface area (TPSA) is 46.1 Å². The van der Waals surface area contributed by atoms with E-state index in [9.17, 15) is 4.79 Å². The van der Waals surface area contributed by atoms with Crippen LogP contribution in [-0.2, 0) is 0 Å². The van der Waals surface area contributed by atoms with Crippen molar-refractivity contribution in [3.05, 3.63) is 22.7 Å². The Morgan fingerprint density at radius 2 is 2.00 bits per heavy atom. The number of carbonyl (C=O) groups excluding carboxylic acids is 1. The molecule has 1 aliphatic heterocycles. The smallest absolute Gasteiger partial charge is 0.274 e. The third-order valence-corrected chi connectivity index (χ3v) is 2.64. The first kappa shape index (κ1) is 9.58. The summed E-state index contributed by atoms with van der Waals surface area (Å²) < 4.78 is 0.649. The van der Waals surface area contributed by atoms with Crippen LogP contribution in [0.1, 0.15) is 23.3 Å². The van der Waals surface area contributed by atoms with Crippen LogP contribution in [0, 0.1) is 0 Å². The first-order valence-corrected chi connectivity index (χ1v) is 5.33. The molecule has 1 saturated heterocycles. The van der Waals surface area contributed by atoms with E-state index in [0.717, 1.165) is 25.9 Å². The molecule has 14 heavy (non-hydrogen) atoms. The fraction of sp³-hybridized carbons (Fsp3) is 0.444. The van der Waals surface area contributed by atoms with Gasteiger partial charge in [-0.1, -0.05) is 0 Å². The van der Waals surface area contributed by atoms with E-state index in [-0.39, 0.29) is 5.91 Å². The van der Waals surface area contributed by atoms with E-state index in [2.05, 4.69) is 25.9 Å². The van der Waals surface area contributed by atoms with Crippen molar-refractivity contribution in [2.24, 2.45) is 0 Å². The lowest BCUT2D eigenvalue weighted by molar-refractivity contribution is 0.0786. The van der Waals surface area contributed by atoms with Gasteiger partial charge in [-0.05, 0) is 28.8 Å². The zero-order valence-corrected chi connectivity index (χ0v) is 9.20. The van der Waals surface area contributed by atoms with Crippen molar-refractivity contribution < 1.29 is 4.79 Å².